The highest BCUT2D eigenvalue weighted by molar-refractivity contribution is 5.95. The van der Waals surface area contributed by atoms with Crippen LogP contribution in [0.4, 0.5) is 5.69 Å². The summed E-state index contributed by atoms with van der Waals surface area (Å²) >= 11 is 0. The first-order valence-electron chi connectivity index (χ1n) is 9.23. The predicted octanol–water partition coefficient (Wildman–Crippen LogP) is 2.85. The lowest BCUT2D eigenvalue weighted by molar-refractivity contribution is -0.155. The van der Waals surface area contributed by atoms with E-state index in [1.54, 1.807) is 18.2 Å². The topological polar surface area (TPSA) is 83.1 Å². The van der Waals surface area contributed by atoms with E-state index in [1.165, 1.54) is 18.1 Å². The Labute approximate surface area is 162 Å². The van der Waals surface area contributed by atoms with Crippen LogP contribution in [0.5, 0.6) is 17.2 Å². The molecule has 0 aromatic heterocycles. The van der Waals surface area contributed by atoms with Crippen molar-refractivity contribution in [2.75, 3.05) is 18.7 Å². The van der Waals surface area contributed by atoms with Crippen LogP contribution in [0.15, 0.2) is 36.4 Å². The molecule has 0 bridgehead atoms. The Hall–Kier alpha value is -3.22. The lowest BCUT2D eigenvalue weighted by Crippen LogP contribution is -2.31. The highest BCUT2D eigenvalue weighted by Crippen LogP contribution is 2.34. The van der Waals surface area contributed by atoms with E-state index in [1.807, 2.05) is 18.2 Å². The number of hydrogen-bond acceptors (Lipinski definition) is 6. The molecule has 2 aromatic carbocycles. The summed E-state index contributed by atoms with van der Waals surface area (Å²) in [5.41, 5.74) is 3.14. The Morgan fingerprint density at radius 1 is 1.07 bits per heavy atom. The Bertz CT molecular complexity index is 910. The maximum Gasteiger partial charge on any atom is 0.344 e. The Morgan fingerprint density at radius 3 is 2.79 bits per heavy atom. The third-order valence-electron chi connectivity index (χ3n) is 4.74. The molecule has 0 saturated carbocycles. The van der Waals surface area contributed by atoms with Crippen molar-refractivity contribution in [1.82, 2.24) is 0 Å². The number of carbonyl (C=O) groups is 2. The number of anilines is 1. The molecule has 0 spiro atoms. The SMILES string of the molecule is C[C@@H](OC(=O)COc1ccc2c(c1)CCC2)C(=O)Nc1ccc2c(c1)OCO2. The van der Waals surface area contributed by atoms with Crippen molar-refractivity contribution in [2.45, 2.75) is 32.3 Å². The average Bonchev–Trinajstić information content (AvgIpc) is 3.34. The summed E-state index contributed by atoms with van der Waals surface area (Å²) in [6.45, 7) is 1.42. The normalized spacial score (nSPS) is 14.9. The van der Waals surface area contributed by atoms with Crippen molar-refractivity contribution >= 4 is 17.6 Å². The minimum Gasteiger partial charge on any atom is -0.482 e. The van der Waals surface area contributed by atoms with Gasteiger partial charge in [0, 0.05) is 11.8 Å². The summed E-state index contributed by atoms with van der Waals surface area (Å²) in [5, 5.41) is 2.69. The zero-order valence-electron chi connectivity index (χ0n) is 15.5. The second kappa shape index (κ2) is 7.80. The van der Waals surface area contributed by atoms with Crippen LogP contribution in [0.1, 0.15) is 24.5 Å². The standard InChI is InChI=1S/C21H21NO6/c1-13(21(24)22-16-6-8-18-19(10-16)27-12-26-18)28-20(23)11-25-17-7-5-14-3-2-4-15(14)9-17/h5-10,13H,2-4,11-12H2,1H3,(H,22,24)/t13-/m1/s1. The Balaban J connectivity index is 1.26. The zero-order chi connectivity index (χ0) is 19.5. The van der Waals surface area contributed by atoms with Gasteiger partial charge in [0.2, 0.25) is 6.79 Å². The van der Waals surface area contributed by atoms with E-state index < -0.39 is 18.0 Å². The van der Waals surface area contributed by atoms with Gasteiger partial charge in [-0.25, -0.2) is 4.79 Å². The van der Waals surface area contributed by atoms with Gasteiger partial charge in [0.25, 0.3) is 5.91 Å². The van der Waals surface area contributed by atoms with Gasteiger partial charge >= 0.3 is 5.97 Å². The lowest BCUT2D eigenvalue weighted by atomic mass is 10.1. The van der Waals surface area contributed by atoms with Gasteiger partial charge in [0.15, 0.2) is 24.2 Å². The van der Waals surface area contributed by atoms with E-state index in [0.29, 0.717) is 22.9 Å². The molecule has 2 aromatic rings. The average molecular weight is 383 g/mol. The van der Waals surface area contributed by atoms with Gasteiger partial charge in [-0.05, 0) is 61.6 Å². The molecule has 0 fully saturated rings. The third kappa shape index (κ3) is 4.03. The summed E-state index contributed by atoms with van der Waals surface area (Å²) in [6.07, 6.45) is 2.32. The van der Waals surface area contributed by atoms with Gasteiger partial charge in [-0.3, -0.25) is 4.79 Å². The van der Waals surface area contributed by atoms with Gasteiger partial charge in [-0.2, -0.15) is 0 Å². The van der Waals surface area contributed by atoms with Crippen LogP contribution in [-0.2, 0) is 27.2 Å². The highest BCUT2D eigenvalue weighted by atomic mass is 16.7. The summed E-state index contributed by atoms with van der Waals surface area (Å²) in [5.74, 6) is 0.778. The molecule has 1 aliphatic carbocycles. The summed E-state index contributed by atoms with van der Waals surface area (Å²) in [4.78, 5) is 24.3. The number of benzene rings is 2. The van der Waals surface area contributed by atoms with Crippen molar-refractivity contribution in [3.05, 3.63) is 47.5 Å². The first-order chi connectivity index (χ1) is 13.6. The van der Waals surface area contributed by atoms with Crippen LogP contribution in [0.25, 0.3) is 0 Å². The molecule has 146 valence electrons. The number of fused-ring (bicyclic) bond motifs is 2. The molecular formula is C21H21NO6. The molecule has 1 amide bonds. The smallest absolute Gasteiger partial charge is 0.344 e. The molecule has 0 radical (unpaired) electrons. The monoisotopic (exact) mass is 383 g/mol. The largest absolute Gasteiger partial charge is 0.482 e. The van der Waals surface area contributed by atoms with E-state index in [4.69, 9.17) is 18.9 Å². The molecule has 0 saturated heterocycles. The van der Waals surface area contributed by atoms with Gasteiger partial charge < -0.3 is 24.3 Å². The number of nitrogens with one attached hydrogen (secondary N) is 1. The fourth-order valence-electron chi connectivity index (χ4n) is 3.28. The van der Waals surface area contributed by atoms with Gasteiger partial charge in [-0.1, -0.05) is 6.07 Å². The maximum absolute atomic E-state index is 12.2. The third-order valence-corrected chi connectivity index (χ3v) is 4.74. The van der Waals surface area contributed by atoms with Crippen LogP contribution >= 0.6 is 0 Å². The second-order valence-electron chi connectivity index (χ2n) is 6.76. The maximum atomic E-state index is 12.2. The first-order valence-corrected chi connectivity index (χ1v) is 9.23. The Kier molecular flexibility index (Phi) is 5.06. The number of rotatable bonds is 6. The molecule has 7 heteroatoms. The van der Waals surface area contributed by atoms with Crippen molar-refractivity contribution in [1.29, 1.82) is 0 Å². The van der Waals surface area contributed by atoms with Crippen LogP contribution in [0.2, 0.25) is 0 Å². The Morgan fingerprint density at radius 2 is 1.89 bits per heavy atom. The van der Waals surface area contributed by atoms with Crippen LogP contribution in [0.3, 0.4) is 0 Å². The van der Waals surface area contributed by atoms with Crippen molar-refractivity contribution in [2.24, 2.45) is 0 Å². The number of esters is 1. The molecule has 0 unspecified atom stereocenters. The fourth-order valence-corrected chi connectivity index (χ4v) is 3.28. The minimum absolute atomic E-state index is 0.158. The summed E-state index contributed by atoms with van der Waals surface area (Å²) < 4.78 is 21.2. The van der Waals surface area contributed by atoms with E-state index in [-0.39, 0.29) is 13.4 Å². The zero-order valence-corrected chi connectivity index (χ0v) is 15.5. The first kappa shape index (κ1) is 18.2. The summed E-state index contributed by atoms with van der Waals surface area (Å²) in [7, 11) is 0. The fraction of sp³-hybridized carbons (Fsp3) is 0.333. The van der Waals surface area contributed by atoms with Crippen molar-refractivity contribution in [3.8, 4) is 17.2 Å². The van der Waals surface area contributed by atoms with Gasteiger partial charge in [0.05, 0.1) is 0 Å². The van der Waals surface area contributed by atoms with E-state index in [2.05, 4.69) is 5.32 Å². The minimum atomic E-state index is -0.957. The quantitative estimate of drug-likeness (QED) is 0.773. The highest BCUT2D eigenvalue weighted by Gasteiger charge is 2.20. The van der Waals surface area contributed by atoms with Gasteiger partial charge in [-0.15, -0.1) is 0 Å². The van der Waals surface area contributed by atoms with E-state index >= 15 is 0 Å². The lowest BCUT2D eigenvalue weighted by Gasteiger charge is -2.14. The molecule has 1 atom stereocenters. The van der Waals surface area contributed by atoms with Crippen molar-refractivity contribution < 1.29 is 28.5 Å². The van der Waals surface area contributed by atoms with Gasteiger partial charge in [0.1, 0.15) is 5.75 Å². The van der Waals surface area contributed by atoms with Crippen LogP contribution < -0.4 is 19.5 Å². The number of ether oxygens (including phenoxy) is 4. The van der Waals surface area contributed by atoms with E-state index in [0.717, 1.165) is 19.3 Å². The number of hydrogen-bond donors (Lipinski definition) is 1. The molecular weight excluding hydrogens is 362 g/mol. The molecule has 2 aliphatic rings. The second-order valence-corrected chi connectivity index (χ2v) is 6.76. The molecule has 28 heavy (non-hydrogen) atoms. The predicted molar refractivity (Wildman–Crippen MR) is 101 cm³/mol. The molecule has 4 rings (SSSR count). The van der Waals surface area contributed by atoms with E-state index in [9.17, 15) is 9.59 Å². The molecule has 1 aliphatic heterocycles. The number of aryl methyl sites for hydroxylation is 2. The van der Waals surface area contributed by atoms with Crippen LogP contribution in [-0.4, -0.2) is 31.4 Å². The van der Waals surface area contributed by atoms with Crippen molar-refractivity contribution in [3.63, 3.8) is 0 Å². The van der Waals surface area contributed by atoms with Crippen LogP contribution in [0, 0.1) is 0 Å². The number of amides is 1. The molecule has 7 nitrogen and oxygen atoms in total. The summed E-state index contributed by atoms with van der Waals surface area (Å²) in [6, 6.07) is 10.9. The molecule has 1 heterocycles. The molecule has 1 N–H and O–H groups in total. The number of carbonyl (C=O) groups excluding carboxylic acids is 2.